The molecule has 30 heavy (non-hydrogen) atoms. The zero-order valence-electron chi connectivity index (χ0n) is 16.2. The summed E-state index contributed by atoms with van der Waals surface area (Å²) in [5.41, 5.74) is 1.76. The Morgan fingerprint density at radius 2 is 1.67 bits per heavy atom. The van der Waals surface area contributed by atoms with Crippen molar-refractivity contribution in [2.45, 2.75) is 6.54 Å². The molecule has 0 saturated heterocycles. The molecule has 4 rings (SSSR count). The molecule has 2 aromatic carbocycles. The first-order valence-corrected chi connectivity index (χ1v) is 9.27. The van der Waals surface area contributed by atoms with Crippen LogP contribution in [0.2, 0.25) is 0 Å². The molecule has 1 N–H and O–H groups in total. The van der Waals surface area contributed by atoms with E-state index >= 15 is 0 Å². The van der Waals surface area contributed by atoms with Crippen LogP contribution >= 0.6 is 0 Å². The third-order valence-electron chi connectivity index (χ3n) is 4.53. The minimum atomic E-state index is -0.538. The highest BCUT2D eigenvalue weighted by Gasteiger charge is 2.23. The second kappa shape index (κ2) is 8.44. The van der Waals surface area contributed by atoms with Crippen molar-refractivity contribution in [2.75, 3.05) is 12.4 Å². The Balaban J connectivity index is 1.69. The van der Waals surface area contributed by atoms with Crippen LogP contribution in [0.5, 0.6) is 0 Å². The maximum absolute atomic E-state index is 13.1. The van der Waals surface area contributed by atoms with Gasteiger partial charge in [0.15, 0.2) is 11.5 Å². The maximum atomic E-state index is 13.1. The monoisotopic (exact) mass is 401 g/mol. The number of carbonyl (C=O) groups excluding carboxylic acids is 2. The van der Waals surface area contributed by atoms with E-state index in [0.717, 1.165) is 5.56 Å². The van der Waals surface area contributed by atoms with E-state index in [1.807, 2.05) is 54.9 Å². The van der Waals surface area contributed by atoms with E-state index in [2.05, 4.69) is 15.6 Å². The normalized spacial score (nSPS) is 10.6. The lowest BCUT2D eigenvalue weighted by Crippen LogP contribution is -2.18. The number of esters is 1. The van der Waals surface area contributed by atoms with Gasteiger partial charge in [-0.05, 0) is 29.8 Å². The fraction of sp³-hybridized carbons (Fsp3) is 0.0909. The average Bonchev–Trinajstić information content (AvgIpc) is 3.44. The average molecular weight is 401 g/mol. The number of carbonyl (C=O) groups is 2. The summed E-state index contributed by atoms with van der Waals surface area (Å²) in [5.74, 6) is -0.490. The van der Waals surface area contributed by atoms with Gasteiger partial charge in [0.2, 0.25) is 0 Å². The van der Waals surface area contributed by atoms with Crippen molar-refractivity contribution < 1.29 is 14.3 Å². The zero-order chi connectivity index (χ0) is 20.9. The van der Waals surface area contributed by atoms with Crippen molar-refractivity contribution in [2.24, 2.45) is 0 Å². The highest BCUT2D eigenvalue weighted by atomic mass is 16.5. The van der Waals surface area contributed by atoms with E-state index in [-0.39, 0.29) is 11.3 Å². The second-order valence-electron chi connectivity index (χ2n) is 6.49. The van der Waals surface area contributed by atoms with Gasteiger partial charge in [0.25, 0.3) is 5.91 Å². The van der Waals surface area contributed by atoms with Crippen molar-refractivity contribution in [1.29, 1.82) is 0 Å². The summed E-state index contributed by atoms with van der Waals surface area (Å²) in [6.07, 6.45) is 3.64. The number of amides is 1. The number of nitrogens with one attached hydrogen (secondary N) is 1. The van der Waals surface area contributed by atoms with Crippen LogP contribution in [0.3, 0.4) is 0 Å². The van der Waals surface area contributed by atoms with Crippen molar-refractivity contribution >= 4 is 17.6 Å². The van der Waals surface area contributed by atoms with Crippen molar-refractivity contribution in [1.82, 2.24) is 19.6 Å². The second-order valence-corrected chi connectivity index (χ2v) is 6.49. The lowest BCUT2D eigenvalue weighted by Gasteiger charge is -2.11. The SMILES string of the molecule is COC(=O)c1ccccc1NC(=O)c1nnn(Cc2ccccc2)c1-n1cccc1. The Hall–Kier alpha value is -4.20. The number of ether oxygens (including phenoxy) is 1. The van der Waals surface area contributed by atoms with Crippen LogP contribution in [0.15, 0.2) is 79.1 Å². The molecule has 0 fully saturated rings. The maximum Gasteiger partial charge on any atom is 0.339 e. The van der Waals surface area contributed by atoms with Crippen molar-refractivity contribution in [3.8, 4) is 5.82 Å². The van der Waals surface area contributed by atoms with E-state index in [0.29, 0.717) is 18.1 Å². The van der Waals surface area contributed by atoms with Crippen LogP contribution in [0, 0.1) is 0 Å². The molecule has 0 spiro atoms. The van der Waals surface area contributed by atoms with Crippen LogP contribution in [0.1, 0.15) is 26.4 Å². The zero-order valence-corrected chi connectivity index (χ0v) is 16.2. The van der Waals surface area contributed by atoms with Crippen molar-refractivity contribution in [3.63, 3.8) is 0 Å². The highest BCUT2D eigenvalue weighted by molar-refractivity contribution is 6.08. The molecular formula is C22H19N5O3. The Bertz CT molecular complexity index is 1170. The Morgan fingerprint density at radius 1 is 0.967 bits per heavy atom. The van der Waals surface area contributed by atoms with E-state index in [1.165, 1.54) is 7.11 Å². The van der Waals surface area contributed by atoms with Gasteiger partial charge in [-0.25, -0.2) is 9.48 Å². The molecule has 8 heteroatoms. The molecule has 0 saturated carbocycles. The third-order valence-corrected chi connectivity index (χ3v) is 4.53. The molecule has 0 radical (unpaired) electrons. The largest absolute Gasteiger partial charge is 0.465 e. The van der Waals surface area contributed by atoms with Gasteiger partial charge in [-0.3, -0.25) is 4.79 Å². The van der Waals surface area contributed by atoms with Gasteiger partial charge in [0.1, 0.15) is 0 Å². The van der Waals surface area contributed by atoms with Crippen LogP contribution in [0.4, 0.5) is 5.69 Å². The first-order valence-electron chi connectivity index (χ1n) is 9.27. The van der Waals surface area contributed by atoms with Gasteiger partial charge in [-0.1, -0.05) is 47.7 Å². The summed E-state index contributed by atoms with van der Waals surface area (Å²) in [6, 6.07) is 20.1. The summed E-state index contributed by atoms with van der Waals surface area (Å²) in [4.78, 5) is 25.1. The summed E-state index contributed by atoms with van der Waals surface area (Å²) in [7, 11) is 1.29. The van der Waals surface area contributed by atoms with Gasteiger partial charge in [-0.15, -0.1) is 5.10 Å². The Kier molecular flexibility index (Phi) is 5.38. The molecule has 0 aliphatic carbocycles. The fourth-order valence-electron chi connectivity index (χ4n) is 3.11. The minimum absolute atomic E-state index is 0.141. The number of anilines is 1. The van der Waals surface area contributed by atoms with Crippen molar-refractivity contribution in [3.05, 3.63) is 95.9 Å². The van der Waals surface area contributed by atoms with E-state index in [4.69, 9.17) is 4.74 Å². The number of methoxy groups -OCH3 is 1. The Morgan fingerprint density at radius 3 is 2.40 bits per heavy atom. The molecule has 0 atom stereocenters. The van der Waals surface area contributed by atoms with Crippen LogP contribution < -0.4 is 5.32 Å². The molecule has 0 bridgehead atoms. The van der Waals surface area contributed by atoms with Crippen LogP contribution in [-0.4, -0.2) is 38.5 Å². The fourth-order valence-corrected chi connectivity index (χ4v) is 3.11. The summed E-state index contributed by atoms with van der Waals surface area (Å²) >= 11 is 0. The molecule has 150 valence electrons. The first-order chi connectivity index (χ1) is 14.7. The van der Waals surface area contributed by atoms with Gasteiger partial charge in [-0.2, -0.15) is 0 Å². The van der Waals surface area contributed by atoms with Gasteiger partial charge in [0, 0.05) is 12.4 Å². The topological polar surface area (TPSA) is 91.0 Å². The molecule has 0 aliphatic rings. The molecule has 0 aliphatic heterocycles. The number of hydrogen-bond acceptors (Lipinski definition) is 5. The first kappa shape index (κ1) is 19.1. The standard InChI is InChI=1S/C22H19N5O3/c1-30-22(29)17-11-5-6-12-18(17)23-20(28)19-21(26-13-7-8-14-26)27(25-24-19)15-16-9-3-2-4-10-16/h2-14H,15H2,1H3,(H,23,28). The molecule has 8 nitrogen and oxygen atoms in total. The molecule has 4 aromatic rings. The molecule has 2 aromatic heterocycles. The predicted molar refractivity (Wildman–Crippen MR) is 111 cm³/mol. The number of benzene rings is 2. The minimum Gasteiger partial charge on any atom is -0.465 e. The van der Waals surface area contributed by atoms with Gasteiger partial charge in [0.05, 0.1) is 24.9 Å². The number of hydrogen-bond donors (Lipinski definition) is 1. The molecule has 0 unspecified atom stereocenters. The van der Waals surface area contributed by atoms with Gasteiger partial charge < -0.3 is 14.6 Å². The van der Waals surface area contributed by atoms with Crippen LogP contribution in [0.25, 0.3) is 5.82 Å². The number of aromatic nitrogens is 4. The predicted octanol–water partition coefficient (Wildman–Crippen LogP) is 3.16. The van der Waals surface area contributed by atoms with E-state index in [9.17, 15) is 9.59 Å². The van der Waals surface area contributed by atoms with Gasteiger partial charge >= 0.3 is 5.97 Å². The molecule has 1 amide bonds. The Labute approximate surface area is 172 Å². The van der Waals surface area contributed by atoms with Crippen LogP contribution in [-0.2, 0) is 11.3 Å². The third kappa shape index (κ3) is 3.83. The quantitative estimate of drug-likeness (QED) is 0.501. The summed E-state index contributed by atoms with van der Waals surface area (Å²) in [6.45, 7) is 0.452. The number of nitrogens with zero attached hydrogens (tertiary/aromatic N) is 4. The number of rotatable bonds is 6. The molecule has 2 heterocycles. The lowest BCUT2D eigenvalue weighted by molar-refractivity contribution is 0.0602. The van der Waals surface area contributed by atoms with E-state index < -0.39 is 11.9 Å². The summed E-state index contributed by atoms with van der Waals surface area (Å²) in [5, 5.41) is 11.1. The number of para-hydroxylation sites is 1. The van der Waals surface area contributed by atoms with E-state index in [1.54, 1.807) is 33.5 Å². The highest BCUT2D eigenvalue weighted by Crippen LogP contribution is 2.20. The summed E-state index contributed by atoms with van der Waals surface area (Å²) < 4.78 is 8.24. The molecular weight excluding hydrogens is 382 g/mol. The smallest absolute Gasteiger partial charge is 0.339 e. The lowest BCUT2D eigenvalue weighted by atomic mass is 10.1.